The third kappa shape index (κ3) is 1.45. The van der Waals surface area contributed by atoms with Crippen LogP contribution in [0.25, 0.3) is 0 Å². The molecule has 2 aliphatic rings. The van der Waals surface area contributed by atoms with E-state index in [2.05, 4.69) is 0 Å². The molecule has 6 heteroatoms. The number of hydrogen-bond acceptors (Lipinski definition) is 3. The minimum atomic E-state index is -1.27. The van der Waals surface area contributed by atoms with Gasteiger partial charge in [-0.15, -0.1) is 0 Å². The summed E-state index contributed by atoms with van der Waals surface area (Å²) in [6.07, 6.45) is 1.97. The van der Waals surface area contributed by atoms with Crippen LogP contribution in [0.15, 0.2) is 0 Å². The van der Waals surface area contributed by atoms with Crippen molar-refractivity contribution < 1.29 is 19.5 Å². The van der Waals surface area contributed by atoms with Crippen LogP contribution >= 0.6 is 0 Å². The molecule has 6 nitrogen and oxygen atoms in total. The number of primary amides is 1. The van der Waals surface area contributed by atoms with Gasteiger partial charge in [0.1, 0.15) is 11.5 Å². The van der Waals surface area contributed by atoms with Crippen molar-refractivity contribution in [3.8, 4) is 0 Å². The van der Waals surface area contributed by atoms with Crippen molar-refractivity contribution in [2.75, 3.05) is 6.54 Å². The highest BCUT2D eigenvalue weighted by molar-refractivity contribution is 6.06. The second-order valence-corrected chi connectivity index (χ2v) is 4.45. The van der Waals surface area contributed by atoms with Gasteiger partial charge in [-0.1, -0.05) is 0 Å². The fourth-order valence-electron chi connectivity index (χ4n) is 2.22. The zero-order valence-electron chi connectivity index (χ0n) is 8.81. The van der Waals surface area contributed by atoms with Crippen molar-refractivity contribution in [2.24, 2.45) is 11.1 Å². The van der Waals surface area contributed by atoms with Gasteiger partial charge in [-0.25, -0.2) is 0 Å². The molecule has 2 amide bonds. The molecule has 1 unspecified atom stereocenters. The molecule has 2 fully saturated rings. The summed E-state index contributed by atoms with van der Waals surface area (Å²) >= 11 is 0. The number of carbonyl (C=O) groups is 3. The van der Waals surface area contributed by atoms with Gasteiger partial charge in [-0.05, 0) is 25.7 Å². The predicted octanol–water partition coefficient (Wildman–Crippen LogP) is -0.673. The molecule has 1 heterocycles. The van der Waals surface area contributed by atoms with E-state index in [0.717, 1.165) is 0 Å². The maximum atomic E-state index is 12.0. The van der Waals surface area contributed by atoms with Gasteiger partial charge in [0.25, 0.3) is 0 Å². The molecule has 0 spiro atoms. The highest BCUT2D eigenvalue weighted by Crippen LogP contribution is 2.48. The van der Waals surface area contributed by atoms with Gasteiger partial charge >= 0.3 is 5.97 Å². The molecule has 1 aliphatic carbocycles. The van der Waals surface area contributed by atoms with Gasteiger partial charge in [0, 0.05) is 6.54 Å². The van der Waals surface area contributed by atoms with Crippen LogP contribution in [0.3, 0.4) is 0 Å². The lowest BCUT2D eigenvalue weighted by Crippen LogP contribution is -2.48. The Morgan fingerprint density at radius 3 is 2.38 bits per heavy atom. The molecular weight excluding hydrogens is 212 g/mol. The van der Waals surface area contributed by atoms with E-state index in [1.54, 1.807) is 0 Å². The molecule has 1 saturated carbocycles. The van der Waals surface area contributed by atoms with Crippen molar-refractivity contribution >= 4 is 17.8 Å². The van der Waals surface area contributed by atoms with Crippen LogP contribution in [-0.2, 0) is 14.4 Å². The van der Waals surface area contributed by atoms with Crippen LogP contribution in [0.2, 0.25) is 0 Å². The lowest BCUT2D eigenvalue weighted by atomic mass is 10.1. The molecule has 0 radical (unpaired) electrons. The fourth-order valence-corrected chi connectivity index (χ4v) is 2.22. The Labute approximate surface area is 92.4 Å². The molecule has 1 atom stereocenters. The van der Waals surface area contributed by atoms with E-state index in [0.29, 0.717) is 32.2 Å². The molecule has 1 aliphatic heterocycles. The topological polar surface area (TPSA) is 101 Å². The van der Waals surface area contributed by atoms with Gasteiger partial charge in [0.2, 0.25) is 11.8 Å². The number of nitrogens with zero attached hydrogens (tertiary/aromatic N) is 1. The second kappa shape index (κ2) is 3.47. The largest absolute Gasteiger partial charge is 0.480 e. The molecule has 0 bridgehead atoms. The van der Waals surface area contributed by atoms with E-state index >= 15 is 0 Å². The minimum Gasteiger partial charge on any atom is -0.480 e. The summed E-state index contributed by atoms with van der Waals surface area (Å²) in [5, 5.41) is 9.00. The summed E-state index contributed by atoms with van der Waals surface area (Å²) in [6.45, 7) is 0.432. The zero-order chi connectivity index (χ0) is 11.9. The first-order valence-electron chi connectivity index (χ1n) is 5.33. The van der Waals surface area contributed by atoms with Crippen LogP contribution in [0.5, 0.6) is 0 Å². The predicted molar refractivity (Wildman–Crippen MR) is 53.2 cm³/mol. The Kier molecular flexibility index (Phi) is 2.36. The summed E-state index contributed by atoms with van der Waals surface area (Å²) in [4.78, 5) is 35.5. The van der Waals surface area contributed by atoms with Crippen LogP contribution in [-0.4, -0.2) is 40.4 Å². The molecule has 0 aromatic heterocycles. The quantitative estimate of drug-likeness (QED) is 0.623. The smallest absolute Gasteiger partial charge is 0.319 e. The number of rotatable bonds is 3. The molecule has 1 saturated heterocycles. The third-order valence-electron chi connectivity index (χ3n) is 3.41. The van der Waals surface area contributed by atoms with E-state index in [1.807, 2.05) is 0 Å². The Bertz CT molecular complexity index is 362. The van der Waals surface area contributed by atoms with E-state index in [4.69, 9.17) is 10.8 Å². The SMILES string of the molecule is NC(=O)C1CCCN1C(=O)C1(C(=O)O)CC1. The number of hydrogen-bond donors (Lipinski definition) is 2. The monoisotopic (exact) mass is 226 g/mol. The van der Waals surface area contributed by atoms with E-state index in [9.17, 15) is 14.4 Å². The molecule has 2 rings (SSSR count). The Morgan fingerprint density at radius 2 is 1.94 bits per heavy atom. The molecule has 0 aromatic rings. The Hall–Kier alpha value is -1.59. The van der Waals surface area contributed by atoms with E-state index < -0.39 is 29.2 Å². The zero-order valence-corrected chi connectivity index (χ0v) is 8.81. The third-order valence-corrected chi connectivity index (χ3v) is 3.41. The molecule has 16 heavy (non-hydrogen) atoms. The second-order valence-electron chi connectivity index (χ2n) is 4.45. The highest BCUT2D eigenvalue weighted by Gasteiger charge is 2.59. The van der Waals surface area contributed by atoms with Crippen molar-refractivity contribution in [1.29, 1.82) is 0 Å². The minimum absolute atomic E-state index is 0.364. The van der Waals surface area contributed by atoms with Gasteiger partial charge in [0.05, 0.1) is 0 Å². The number of likely N-dealkylation sites (tertiary alicyclic amines) is 1. The van der Waals surface area contributed by atoms with E-state index in [1.165, 1.54) is 4.90 Å². The Morgan fingerprint density at radius 1 is 1.31 bits per heavy atom. The molecule has 3 N–H and O–H groups in total. The first-order chi connectivity index (χ1) is 7.49. The van der Waals surface area contributed by atoms with Gasteiger partial charge in [0.15, 0.2) is 0 Å². The van der Waals surface area contributed by atoms with Crippen LogP contribution in [0.1, 0.15) is 25.7 Å². The first-order valence-corrected chi connectivity index (χ1v) is 5.33. The maximum Gasteiger partial charge on any atom is 0.319 e. The normalized spacial score (nSPS) is 26.5. The number of nitrogens with two attached hydrogens (primary N) is 1. The van der Waals surface area contributed by atoms with Gasteiger partial charge < -0.3 is 15.7 Å². The first kappa shape index (κ1) is 10.9. The van der Waals surface area contributed by atoms with Crippen molar-refractivity contribution in [3.63, 3.8) is 0 Å². The number of amides is 2. The van der Waals surface area contributed by atoms with Crippen molar-refractivity contribution in [1.82, 2.24) is 4.90 Å². The molecular formula is C10H14N2O4. The summed E-state index contributed by atoms with van der Waals surface area (Å²) in [7, 11) is 0. The van der Waals surface area contributed by atoms with Crippen LogP contribution < -0.4 is 5.73 Å². The summed E-state index contributed by atoms with van der Waals surface area (Å²) in [5.41, 5.74) is 3.92. The van der Waals surface area contributed by atoms with E-state index in [-0.39, 0.29) is 0 Å². The summed E-state index contributed by atoms with van der Waals surface area (Å²) in [6, 6.07) is -0.621. The maximum absolute atomic E-state index is 12.0. The average molecular weight is 226 g/mol. The fraction of sp³-hybridized carbons (Fsp3) is 0.700. The lowest BCUT2D eigenvalue weighted by molar-refractivity contribution is -0.155. The van der Waals surface area contributed by atoms with Crippen LogP contribution in [0.4, 0.5) is 0 Å². The molecule has 88 valence electrons. The standard InChI is InChI=1S/C10H14N2O4/c11-7(13)6-2-1-5-12(6)8(14)10(3-4-10)9(15)16/h6H,1-5H2,(H2,11,13)(H,15,16). The highest BCUT2D eigenvalue weighted by atomic mass is 16.4. The lowest BCUT2D eigenvalue weighted by Gasteiger charge is -2.25. The average Bonchev–Trinajstić information content (AvgIpc) is 2.88. The number of carboxylic acid groups (broad SMARTS) is 1. The summed E-state index contributed by atoms with van der Waals surface area (Å²) in [5.74, 6) is -2.08. The van der Waals surface area contributed by atoms with Crippen molar-refractivity contribution in [2.45, 2.75) is 31.7 Å². The summed E-state index contributed by atoms with van der Waals surface area (Å²) < 4.78 is 0. The number of carbonyl (C=O) groups excluding carboxylic acids is 2. The van der Waals surface area contributed by atoms with Crippen LogP contribution in [0, 0.1) is 5.41 Å². The van der Waals surface area contributed by atoms with Gasteiger partial charge in [-0.2, -0.15) is 0 Å². The van der Waals surface area contributed by atoms with Crippen molar-refractivity contribution in [3.05, 3.63) is 0 Å². The number of aliphatic carboxylic acids is 1. The number of carboxylic acids is 1. The Balaban J connectivity index is 2.16. The van der Waals surface area contributed by atoms with Gasteiger partial charge in [-0.3, -0.25) is 14.4 Å². The molecule has 0 aromatic carbocycles.